The second-order valence-electron chi connectivity index (χ2n) is 9.64. The van der Waals surface area contributed by atoms with Crippen LogP contribution in [0.3, 0.4) is 0 Å². The van der Waals surface area contributed by atoms with Crippen LogP contribution in [0.25, 0.3) is 27.5 Å². The van der Waals surface area contributed by atoms with Gasteiger partial charge in [-0.1, -0.05) is 6.07 Å². The van der Waals surface area contributed by atoms with Gasteiger partial charge in [-0.15, -0.1) is 11.3 Å². The molecule has 4 aromatic rings. The van der Waals surface area contributed by atoms with Crippen molar-refractivity contribution in [2.45, 2.75) is 56.0 Å². The fourth-order valence-corrected chi connectivity index (χ4v) is 7.47. The van der Waals surface area contributed by atoms with Gasteiger partial charge < -0.3 is 10.6 Å². The first-order valence-electron chi connectivity index (χ1n) is 11.7. The van der Waals surface area contributed by atoms with E-state index in [9.17, 15) is 13.2 Å². The predicted molar refractivity (Wildman–Crippen MR) is 136 cm³/mol. The van der Waals surface area contributed by atoms with Gasteiger partial charge in [-0.3, -0.25) is 9.78 Å². The number of aromatic nitrogens is 5. The van der Waals surface area contributed by atoms with Gasteiger partial charge in [0.1, 0.15) is 15.7 Å². The Morgan fingerprint density at radius 1 is 1.14 bits per heavy atom. The highest BCUT2D eigenvalue weighted by Gasteiger charge is 2.48. The number of hydrogen-bond acceptors (Lipinski definition) is 9. The van der Waals surface area contributed by atoms with Crippen LogP contribution in [0.4, 0.5) is 5.82 Å². The lowest BCUT2D eigenvalue weighted by Crippen LogP contribution is -2.62. The first kappa shape index (κ1) is 23.0. The highest BCUT2D eigenvalue weighted by atomic mass is 32.2. The molecule has 2 bridgehead atoms. The molecule has 0 unspecified atom stereocenters. The van der Waals surface area contributed by atoms with Crippen molar-refractivity contribution >= 4 is 38.5 Å². The SMILES string of the molecule is CC(=O)N1[C@@H]2C[C@H](c3nc4c(-c5ccc(-c6nc(C)cs6)nc5)cnn4c(N)c3S(C)(=O)=O)C[C@H]1C2. The van der Waals surface area contributed by atoms with E-state index in [-0.39, 0.29) is 34.6 Å². The molecule has 36 heavy (non-hydrogen) atoms. The molecule has 7 rings (SSSR count). The number of carbonyl (C=O) groups is 1. The van der Waals surface area contributed by atoms with Crippen molar-refractivity contribution in [2.75, 3.05) is 12.0 Å². The van der Waals surface area contributed by atoms with E-state index in [1.165, 1.54) is 15.9 Å². The summed E-state index contributed by atoms with van der Waals surface area (Å²) < 4.78 is 27.1. The van der Waals surface area contributed by atoms with Crippen LogP contribution in [-0.4, -0.2) is 62.1 Å². The Morgan fingerprint density at radius 3 is 2.47 bits per heavy atom. The maximum absolute atomic E-state index is 12.8. The van der Waals surface area contributed by atoms with Crippen molar-refractivity contribution in [3.8, 4) is 21.8 Å². The summed E-state index contributed by atoms with van der Waals surface area (Å²) >= 11 is 1.54. The van der Waals surface area contributed by atoms with Crippen molar-refractivity contribution in [1.29, 1.82) is 0 Å². The van der Waals surface area contributed by atoms with Crippen LogP contribution in [0.1, 0.15) is 43.5 Å². The third-order valence-corrected chi connectivity index (χ3v) is 9.28. The number of pyridine rings is 1. The molecule has 3 atom stereocenters. The lowest BCUT2D eigenvalue weighted by molar-refractivity contribution is -0.147. The number of nitrogens with zero attached hydrogens (tertiary/aromatic N) is 6. The number of nitrogens with two attached hydrogens (primary N) is 1. The van der Waals surface area contributed by atoms with E-state index in [1.807, 2.05) is 29.3 Å². The number of sulfone groups is 1. The van der Waals surface area contributed by atoms with Gasteiger partial charge >= 0.3 is 0 Å². The lowest BCUT2D eigenvalue weighted by Gasteiger charge is -2.55. The van der Waals surface area contributed by atoms with Crippen LogP contribution in [0.5, 0.6) is 0 Å². The molecule has 3 aliphatic rings. The fourth-order valence-electron chi connectivity index (χ4n) is 5.64. The van der Waals surface area contributed by atoms with Gasteiger partial charge in [0.05, 0.1) is 17.6 Å². The average Bonchev–Trinajstić information content (AvgIpc) is 3.44. The monoisotopic (exact) mass is 523 g/mol. The van der Waals surface area contributed by atoms with Crippen LogP contribution in [0.2, 0.25) is 0 Å². The van der Waals surface area contributed by atoms with Crippen molar-refractivity contribution in [3.05, 3.63) is 41.3 Å². The Morgan fingerprint density at radius 2 is 1.89 bits per heavy atom. The van der Waals surface area contributed by atoms with E-state index >= 15 is 0 Å². The van der Waals surface area contributed by atoms with Crippen molar-refractivity contribution < 1.29 is 13.2 Å². The molecule has 2 N–H and O–H groups in total. The fraction of sp³-hybridized carbons (Fsp3) is 0.375. The summed E-state index contributed by atoms with van der Waals surface area (Å²) in [6, 6.07) is 4.04. The zero-order valence-electron chi connectivity index (χ0n) is 20.0. The molecule has 12 heteroatoms. The smallest absolute Gasteiger partial charge is 0.219 e. The van der Waals surface area contributed by atoms with Crippen LogP contribution in [-0.2, 0) is 14.6 Å². The average molecular weight is 524 g/mol. The Balaban J connectivity index is 1.44. The first-order valence-corrected chi connectivity index (χ1v) is 14.4. The van der Waals surface area contributed by atoms with Gasteiger partial charge in [0.25, 0.3) is 0 Å². The Hall–Kier alpha value is -3.38. The minimum absolute atomic E-state index is 0.0259. The summed E-state index contributed by atoms with van der Waals surface area (Å²) in [4.78, 5) is 27.9. The molecule has 3 fully saturated rings. The van der Waals surface area contributed by atoms with Gasteiger partial charge in [-0.25, -0.2) is 18.4 Å². The lowest BCUT2D eigenvalue weighted by atomic mass is 9.72. The van der Waals surface area contributed by atoms with Gasteiger partial charge in [0, 0.05) is 59.6 Å². The summed E-state index contributed by atoms with van der Waals surface area (Å²) in [5, 5.41) is 7.20. The quantitative estimate of drug-likeness (QED) is 0.431. The van der Waals surface area contributed by atoms with E-state index in [2.05, 4.69) is 15.1 Å². The minimum atomic E-state index is -3.67. The van der Waals surface area contributed by atoms with Gasteiger partial charge in [0.2, 0.25) is 5.91 Å². The summed E-state index contributed by atoms with van der Waals surface area (Å²) in [5.74, 6) is -0.00470. The van der Waals surface area contributed by atoms with E-state index in [0.717, 1.165) is 34.6 Å². The topological polar surface area (TPSA) is 136 Å². The number of hydrogen-bond donors (Lipinski definition) is 1. The first-order chi connectivity index (χ1) is 17.1. The predicted octanol–water partition coefficient (Wildman–Crippen LogP) is 3.08. The summed E-state index contributed by atoms with van der Waals surface area (Å²) in [5.41, 5.74) is 10.6. The number of nitrogen functional groups attached to an aromatic ring is 1. The molecule has 0 spiro atoms. The van der Waals surface area contributed by atoms with Gasteiger partial charge in [-0.2, -0.15) is 9.61 Å². The molecule has 0 radical (unpaired) electrons. The number of fused-ring (bicyclic) bond motifs is 3. The van der Waals surface area contributed by atoms with E-state index in [0.29, 0.717) is 29.7 Å². The molecular formula is C24H25N7O3S2. The Kier molecular flexibility index (Phi) is 5.16. The standard InChI is InChI=1S/C24H25N7O3S2/c1-12-11-35-24(28-12)19-5-4-14(9-26-19)18-10-27-31-22(25)21(36(3,33)34)20(29-23(18)31)15-6-16-8-17(7-15)30(16)13(2)32/h4-5,9-11,15-17H,6-8,25H2,1-3H3/t15-,16+,17-. The molecule has 0 aromatic carbocycles. The van der Waals surface area contributed by atoms with Crippen LogP contribution >= 0.6 is 11.3 Å². The summed E-state index contributed by atoms with van der Waals surface area (Å²) in [7, 11) is -3.67. The van der Waals surface area contributed by atoms with Crippen LogP contribution < -0.4 is 5.73 Å². The molecule has 1 saturated carbocycles. The van der Waals surface area contributed by atoms with E-state index in [4.69, 9.17) is 10.7 Å². The van der Waals surface area contributed by atoms with Crippen LogP contribution in [0, 0.1) is 6.92 Å². The molecule has 2 aliphatic heterocycles. The Bertz CT molecular complexity index is 1610. The molecule has 2 saturated heterocycles. The van der Waals surface area contributed by atoms with Gasteiger partial charge in [-0.05, 0) is 32.3 Å². The van der Waals surface area contributed by atoms with Crippen molar-refractivity contribution in [1.82, 2.24) is 29.5 Å². The molecule has 10 nitrogen and oxygen atoms in total. The molecular weight excluding hydrogens is 498 g/mol. The number of carbonyl (C=O) groups excluding carboxylic acids is 1. The van der Waals surface area contributed by atoms with Gasteiger partial charge in [0.15, 0.2) is 15.5 Å². The Labute approximate surface area is 212 Å². The molecule has 6 heterocycles. The zero-order chi connectivity index (χ0) is 25.4. The van der Waals surface area contributed by atoms with Crippen molar-refractivity contribution in [2.24, 2.45) is 0 Å². The number of anilines is 1. The molecule has 186 valence electrons. The normalized spacial score (nSPS) is 21.5. The highest BCUT2D eigenvalue weighted by molar-refractivity contribution is 7.91. The second-order valence-corrected chi connectivity index (χ2v) is 12.5. The third-order valence-electron chi connectivity index (χ3n) is 7.14. The largest absolute Gasteiger partial charge is 0.382 e. The molecule has 1 amide bonds. The number of piperidine rings is 1. The number of amides is 1. The minimum Gasteiger partial charge on any atom is -0.382 e. The summed E-state index contributed by atoms with van der Waals surface area (Å²) in [6.45, 7) is 3.52. The van der Waals surface area contributed by atoms with Crippen molar-refractivity contribution in [3.63, 3.8) is 0 Å². The van der Waals surface area contributed by atoms with E-state index < -0.39 is 9.84 Å². The number of thiazole rings is 1. The molecule has 1 aliphatic carbocycles. The summed E-state index contributed by atoms with van der Waals surface area (Å²) in [6.07, 6.45) is 6.79. The van der Waals surface area contributed by atoms with Crippen LogP contribution in [0.15, 0.2) is 34.8 Å². The second kappa shape index (κ2) is 8.07. The number of rotatable bonds is 4. The third kappa shape index (κ3) is 3.58. The highest BCUT2D eigenvalue weighted by Crippen LogP contribution is 2.47. The zero-order valence-corrected chi connectivity index (χ0v) is 21.7. The molecule has 4 aromatic heterocycles. The maximum atomic E-state index is 12.8. The maximum Gasteiger partial charge on any atom is 0.219 e. The van der Waals surface area contributed by atoms with E-state index in [1.54, 1.807) is 19.3 Å². The number of aryl methyl sites for hydroxylation is 1.